The van der Waals surface area contributed by atoms with Crippen LogP contribution in [0.25, 0.3) is 0 Å². The van der Waals surface area contributed by atoms with Crippen LogP contribution in [0.1, 0.15) is 13.3 Å². The van der Waals surface area contributed by atoms with Crippen molar-refractivity contribution in [2.24, 2.45) is 0 Å². The fraction of sp³-hybridized carbons (Fsp3) is 0.333. The number of hydrogen-bond acceptors (Lipinski definition) is 4. The first-order chi connectivity index (χ1) is 9.72. The summed E-state index contributed by atoms with van der Waals surface area (Å²) in [5.41, 5.74) is 0. The van der Waals surface area contributed by atoms with E-state index in [0.29, 0.717) is 4.47 Å². The molecule has 1 atom stereocenters. The standard InChI is InChI=1S/C12H15BrN2O5S/c1-8(12(17)18)15-11(16)5-6-14-21(19,20)10-4-2-3-9(13)7-10/h2-4,7-8,14H,5-6H2,1H3,(H,15,16)(H,17,18). The van der Waals surface area contributed by atoms with Gasteiger partial charge < -0.3 is 10.4 Å². The first kappa shape index (κ1) is 17.6. The van der Waals surface area contributed by atoms with Crippen molar-refractivity contribution in [3.05, 3.63) is 28.7 Å². The topological polar surface area (TPSA) is 113 Å². The number of halogens is 1. The number of sulfonamides is 1. The van der Waals surface area contributed by atoms with Crippen LogP contribution < -0.4 is 10.0 Å². The maximum atomic E-state index is 11.9. The van der Waals surface area contributed by atoms with E-state index in [2.05, 4.69) is 26.0 Å². The van der Waals surface area contributed by atoms with Crippen LogP contribution in [0.3, 0.4) is 0 Å². The Balaban J connectivity index is 2.52. The van der Waals surface area contributed by atoms with Crippen molar-refractivity contribution >= 4 is 37.8 Å². The Morgan fingerprint density at radius 3 is 2.62 bits per heavy atom. The fourth-order valence-corrected chi connectivity index (χ4v) is 3.02. The molecule has 3 N–H and O–H groups in total. The van der Waals surface area contributed by atoms with Gasteiger partial charge in [-0.05, 0) is 25.1 Å². The van der Waals surface area contributed by atoms with Crippen molar-refractivity contribution < 1.29 is 23.1 Å². The van der Waals surface area contributed by atoms with Crippen molar-refractivity contribution in [1.82, 2.24) is 10.0 Å². The first-order valence-corrected chi connectivity index (χ1v) is 8.27. The maximum absolute atomic E-state index is 11.9. The number of hydrogen-bond donors (Lipinski definition) is 3. The van der Waals surface area contributed by atoms with E-state index in [0.717, 1.165) is 0 Å². The second-order valence-corrected chi connectivity index (χ2v) is 6.92. The second kappa shape index (κ2) is 7.53. The molecule has 0 radical (unpaired) electrons. The Kier molecular flexibility index (Phi) is 6.31. The van der Waals surface area contributed by atoms with Gasteiger partial charge in [0.2, 0.25) is 15.9 Å². The Labute approximate surface area is 130 Å². The minimum absolute atomic E-state index is 0.0798. The van der Waals surface area contributed by atoms with Gasteiger partial charge in [0.05, 0.1) is 4.90 Å². The lowest BCUT2D eigenvalue weighted by molar-refractivity contribution is -0.141. The summed E-state index contributed by atoms with van der Waals surface area (Å²) < 4.78 is 26.8. The van der Waals surface area contributed by atoms with Crippen LogP contribution in [0.5, 0.6) is 0 Å². The molecule has 0 spiro atoms. The molecule has 1 aromatic rings. The zero-order chi connectivity index (χ0) is 16.0. The van der Waals surface area contributed by atoms with Gasteiger partial charge in [0.25, 0.3) is 0 Å². The lowest BCUT2D eigenvalue weighted by Crippen LogP contribution is -2.39. The smallest absolute Gasteiger partial charge is 0.325 e. The van der Waals surface area contributed by atoms with E-state index in [9.17, 15) is 18.0 Å². The summed E-state index contributed by atoms with van der Waals surface area (Å²) >= 11 is 3.17. The number of amides is 1. The average Bonchev–Trinajstić information content (AvgIpc) is 2.38. The summed E-state index contributed by atoms with van der Waals surface area (Å²) in [6.07, 6.45) is -0.148. The van der Waals surface area contributed by atoms with E-state index >= 15 is 0 Å². The molecule has 0 saturated heterocycles. The zero-order valence-corrected chi connectivity index (χ0v) is 13.6. The van der Waals surface area contributed by atoms with Crippen LogP contribution in [0.4, 0.5) is 0 Å². The molecule has 0 bridgehead atoms. The Morgan fingerprint density at radius 2 is 2.05 bits per heavy atom. The van der Waals surface area contributed by atoms with Crippen molar-refractivity contribution in [3.8, 4) is 0 Å². The molecule has 0 aliphatic heterocycles. The van der Waals surface area contributed by atoms with Crippen molar-refractivity contribution in [2.75, 3.05) is 6.54 Å². The van der Waals surface area contributed by atoms with E-state index in [1.165, 1.54) is 19.1 Å². The third-order valence-corrected chi connectivity index (χ3v) is 4.45. The highest BCUT2D eigenvalue weighted by Crippen LogP contribution is 2.15. The predicted molar refractivity (Wildman–Crippen MR) is 79.2 cm³/mol. The molecule has 21 heavy (non-hydrogen) atoms. The zero-order valence-electron chi connectivity index (χ0n) is 11.2. The third kappa shape index (κ3) is 5.82. The van der Waals surface area contributed by atoms with Crippen LogP contribution >= 0.6 is 15.9 Å². The van der Waals surface area contributed by atoms with Gasteiger partial charge >= 0.3 is 5.97 Å². The largest absolute Gasteiger partial charge is 0.480 e. The van der Waals surface area contributed by atoms with E-state index in [-0.39, 0.29) is 17.9 Å². The van der Waals surface area contributed by atoms with Crippen LogP contribution in [0.15, 0.2) is 33.6 Å². The summed E-state index contributed by atoms with van der Waals surface area (Å²) in [6.45, 7) is 1.21. The summed E-state index contributed by atoms with van der Waals surface area (Å²) in [4.78, 5) is 22.1. The highest BCUT2D eigenvalue weighted by molar-refractivity contribution is 9.10. The molecule has 0 aliphatic rings. The van der Waals surface area contributed by atoms with Gasteiger partial charge in [0, 0.05) is 17.4 Å². The molecular formula is C12H15BrN2O5S. The Bertz CT molecular complexity index is 632. The van der Waals surface area contributed by atoms with Crippen molar-refractivity contribution in [3.63, 3.8) is 0 Å². The van der Waals surface area contributed by atoms with Gasteiger partial charge in [-0.3, -0.25) is 9.59 Å². The minimum Gasteiger partial charge on any atom is -0.480 e. The van der Waals surface area contributed by atoms with Gasteiger partial charge in [-0.25, -0.2) is 13.1 Å². The van der Waals surface area contributed by atoms with E-state index in [1.54, 1.807) is 12.1 Å². The second-order valence-electron chi connectivity index (χ2n) is 4.23. The molecular weight excluding hydrogens is 364 g/mol. The highest BCUT2D eigenvalue weighted by Gasteiger charge is 2.16. The number of nitrogens with one attached hydrogen (secondary N) is 2. The number of aliphatic carboxylic acids is 1. The van der Waals surface area contributed by atoms with E-state index < -0.39 is 27.9 Å². The quantitative estimate of drug-likeness (QED) is 0.646. The summed E-state index contributed by atoms with van der Waals surface area (Å²) in [5, 5.41) is 10.9. The average molecular weight is 379 g/mol. The third-order valence-electron chi connectivity index (χ3n) is 2.50. The molecule has 0 heterocycles. The number of benzene rings is 1. The molecule has 0 fully saturated rings. The monoisotopic (exact) mass is 378 g/mol. The number of carboxylic acid groups (broad SMARTS) is 1. The Morgan fingerprint density at radius 1 is 1.38 bits per heavy atom. The highest BCUT2D eigenvalue weighted by atomic mass is 79.9. The number of carboxylic acids is 1. The normalized spacial score (nSPS) is 12.7. The molecule has 0 aromatic heterocycles. The Hall–Kier alpha value is -1.45. The van der Waals surface area contributed by atoms with Crippen LogP contribution in [-0.4, -0.2) is 38.0 Å². The summed E-state index contributed by atoms with van der Waals surface area (Å²) in [6, 6.07) is 5.13. The molecule has 7 nitrogen and oxygen atoms in total. The maximum Gasteiger partial charge on any atom is 0.325 e. The van der Waals surface area contributed by atoms with Crippen LogP contribution in [0, 0.1) is 0 Å². The molecule has 9 heteroatoms. The van der Waals surface area contributed by atoms with Gasteiger partial charge in [-0.15, -0.1) is 0 Å². The SMILES string of the molecule is CC(NC(=O)CCNS(=O)(=O)c1cccc(Br)c1)C(=O)O. The number of carbonyl (C=O) groups is 2. The van der Waals surface area contributed by atoms with E-state index in [4.69, 9.17) is 5.11 Å². The molecule has 0 saturated carbocycles. The van der Waals surface area contributed by atoms with Crippen LogP contribution in [-0.2, 0) is 19.6 Å². The summed E-state index contributed by atoms with van der Waals surface area (Å²) in [5.74, 6) is -1.69. The number of carbonyl (C=O) groups excluding carboxylic acids is 1. The molecule has 116 valence electrons. The minimum atomic E-state index is -3.70. The predicted octanol–water partition coefficient (Wildman–Crippen LogP) is 0.707. The number of rotatable bonds is 7. The van der Waals surface area contributed by atoms with Crippen LogP contribution in [0.2, 0.25) is 0 Å². The molecule has 1 unspecified atom stereocenters. The summed E-state index contributed by atoms with van der Waals surface area (Å²) in [7, 11) is -3.70. The molecule has 0 aliphatic carbocycles. The van der Waals surface area contributed by atoms with Gasteiger partial charge in [-0.1, -0.05) is 22.0 Å². The van der Waals surface area contributed by atoms with E-state index in [1.807, 2.05) is 0 Å². The van der Waals surface area contributed by atoms with Crippen molar-refractivity contribution in [1.29, 1.82) is 0 Å². The lowest BCUT2D eigenvalue weighted by atomic mass is 10.3. The van der Waals surface area contributed by atoms with Gasteiger partial charge in [0.15, 0.2) is 0 Å². The van der Waals surface area contributed by atoms with Crippen molar-refractivity contribution in [2.45, 2.75) is 24.3 Å². The molecule has 1 aromatic carbocycles. The molecule has 1 rings (SSSR count). The van der Waals surface area contributed by atoms with Gasteiger partial charge in [0.1, 0.15) is 6.04 Å². The lowest BCUT2D eigenvalue weighted by Gasteiger charge is -2.10. The first-order valence-electron chi connectivity index (χ1n) is 6.00. The molecule has 1 amide bonds. The fourth-order valence-electron chi connectivity index (χ4n) is 1.39. The van der Waals surface area contributed by atoms with Gasteiger partial charge in [-0.2, -0.15) is 0 Å².